The largest absolute Gasteiger partial charge is 0.306 e. The van der Waals surface area contributed by atoms with Gasteiger partial charge in [0.05, 0.1) is 0 Å². The normalized spacial score (nSPS) is 10.8. The number of aromatic nitrogens is 1. The Morgan fingerprint density at radius 2 is 2.17 bits per heavy atom. The number of nitrogens with zero attached hydrogens (tertiary/aromatic N) is 1. The van der Waals surface area contributed by atoms with Crippen molar-refractivity contribution in [3.05, 3.63) is 51.2 Å². The molecule has 0 amide bonds. The molecule has 1 heterocycles. The number of thiazole rings is 1. The first kappa shape index (κ1) is 13.2. The lowest BCUT2D eigenvalue weighted by molar-refractivity contribution is 0.615. The predicted molar refractivity (Wildman–Crippen MR) is 73.2 cm³/mol. The van der Waals surface area contributed by atoms with Crippen LogP contribution in [-0.2, 0) is 19.5 Å². The molecule has 0 aliphatic rings. The summed E-state index contributed by atoms with van der Waals surface area (Å²) < 4.78 is 13.1. The summed E-state index contributed by atoms with van der Waals surface area (Å²) in [6.07, 6.45) is 2.97. The molecule has 0 saturated carbocycles. The van der Waals surface area contributed by atoms with Gasteiger partial charge in [0.2, 0.25) is 0 Å². The average molecular weight is 264 g/mol. The van der Waals surface area contributed by atoms with Crippen molar-refractivity contribution in [2.75, 3.05) is 0 Å². The number of hydrogen-bond donors (Lipinski definition) is 1. The minimum absolute atomic E-state index is 0.147. The molecular formula is C14H17FN2S. The maximum atomic E-state index is 13.1. The lowest BCUT2D eigenvalue weighted by atomic mass is 10.1. The van der Waals surface area contributed by atoms with E-state index in [0.717, 1.165) is 30.1 Å². The molecule has 0 saturated heterocycles. The van der Waals surface area contributed by atoms with Crippen LogP contribution < -0.4 is 5.32 Å². The molecule has 18 heavy (non-hydrogen) atoms. The summed E-state index contributed by atoms with van der Waals surface area (Å²) >= 11 is 1.74. The van der Waals surface area contributed by atoms with E-state index in [1.807, 2.05) is 18.3 Å². The SMILES string of the molecule is CCc1cnc(CNCc2ccc(F)c(C)c2)s1. The monoisotopic (exact) mass is 264 g/mol. The third-order valence-corrected chi connectivity index (χ3v) is 3.92. The Kier molecular flexibility index (Phi) is 4.44. The Morgan fingerprint density at radius 3 is 2.83 bits per heavy atom. The maximum absolute atomic E-state index is 13.1. The van der Waals surface area contributed by atoms with Crippen LogP contribution >= 0.6 is 11.3 Å². The first-order chi connectivity index (χ1) is 8.69. The van der Waals surface area contributed by atoms with Crippen LogP contribution in [0.25, 0.3) is 0 Å². The molecule has 0 radical (unpaired) electrons. The van der Waals surface area contributed by atoms with Crippen molar-refractivity contribution in [2.24, 2.45) is 0 Å². The number of aryl methyl sites for hydroxylation is 2. The van der Waals surface area contributed by atoms with Crippen LogP contribution in [0.1, 0.15) is 27.9 Å². The molecule has 96 valence electrons. The van der Waals surface area contributed by atoms with E-state index in [1.54, 1.807) is 18.3 Å². The fraction of sp³-hybridized carbons (Fsp3) is 0.357. The molecule has 0 aliphatic carbocycles. The van der Waals surface area contributed by atoms with Gasteiger partial charge in [0.1, 0.15) is 10.8 Å². The number of nitrogens with one attached hydrogen (secondary N) is 1. The standard InChI is InChI=1S/C14H17FN2S/c1-3-12-8-17-14(18-12)9-16-7-11-4-5-13(15)10(2)6-11/h4-6,8,16H,3,7,9H2,1-2H3. The molecule has 4 heteroatoms. The highest BCUT2D eigenvalue weighted by molar-refractivity contribution is 7.11. The van der Waals surface area contributed by atoms with Gasteiger partial charge in [0.15, 0.2) is 0 Å². The molecular weight excluding hydrogens is 247 g/mol. The first-order valence-corrected chi connectivity index (χ1v) is 6.90. The van der Waals surface area contributed by atoms with Gasteiger partial charge >= 0.3 is 0 Å². The van der Waals surface area contributed by atoms with Crippen molar-refractivity contribution in [1.82, 2.24) is 10.3 Å². The van der Waals surface area contributed by atoms with Crippen LogP contribution in [0, 0.1) is 12.7 Å². The Hall–Kier alpha value is -1.26. The van der Waals surface area contributed by atoms with E-state index >= 15 is 0 Å². The van der Waals surface area contributed by atoms with Gasteiger partial charge < -0.3 is 5.32 Å². The van der Waals surface area contributed by atoms with Crippen molar-refractivity contribution in [3.63, 3.8) is 0 Å². The lowest BCUT2D eigenvalue weighted by Gasteiger charge is -2.04. The Balaban J connectivity index is 1.86. The summed E-state index contributed by atoms with van der Waals surface area (Å²) in [5, 5.41) is 4.43. The van der Waals surface area contributed by atoms with E-state index < -0.39 is 0 Å². The minimum Gasteiger partial charge on any atom is -0.306 e. The van der Waals surface area contributed by atoms with Gasteiger partial charge in [-0.1, -0.05) is 19.1 Å². The zero-order valence-electron chi connectivity index (χ0n) is 10.7. The summed E-state index contributed by atoms with van der Waals surface area (Å²) in [6, 6.07) is 5.21. The molecule has 0 unspecified atom stereocenters. The molecule has 1 aromatic heterocycles. The quantitative estimate of drug-likeness (QED) is 0.894. The van der Waals surface area contributed by atoms with E-state index in [1.165, 1.54) is 10.9 Å². The van der Waals surface area contributed by atoms with Gasteiger partial charge in [-0.3, -0.25) is 0 Å². The van der Waals surface area contributed by atoms with Crippen molar-refractivity contribution in [3.8, 4) is 0 Å². The van der Waals surface area contributed by atoms with E-state index in [4.69, 9.17) is 0 Å². The number of rotatable bonds is 5. The molecule has 0 bridgehead atoms. The van der Waals surface area contributed by atoms with E-state index in [0.29, 0.717) is 5.56 Å². The highest BCUT2D eigenvalue weighted by atomic mass is 32.1. The van der Waals surface area contributed by atoms with Crippen molar-refractivity contribution in [1.29, 1.82) is 0 Å². The van der Waals surface area contributed by atoms with Crippen LogP contribution in [0.5, 0.6) is 0 Å². The molecule has 1 N–H and O–H groups in total. The first-order valence-electron chi connectivity index (χ1n) is 6.08. The Morgan fingerprint density at radius 1 is 1.33 bits per heavy atom. The third kappa shape index (κ3) is 3.37. The van der Waals surface area contributed by atoms with Gasteiger partial charge in [0.25, 0.3) is 0 Å². The van der Waals surface area contributed by atoms with Crippen LogP contribution in [0.15, 0.2) is 24.4 Å². The second kappa shape index (κ2) is 6.07. The van der Waals surface area contributed by atoms with E-state index in [9.17, 15) is 4.39 Å². The molecule has 2 aromatic rings. The second-order valence-electron chi connectivity index (χ2n) is 4.26. The molecule has 0 spiro atoms. The van der Waals surface area contributed by atoms with Gasteiger partial charge in [-0.2, -0.15) is 0 Å². The summed E-state index contributed by atoms with van der Waals surface area (Å²) in [5.74, 6) is -0.147. The third-order valence-electron chi connectivity index (χ3n) is 2.78. The molecule has 0 fully saturated rings. The number of halogens is 1. The minimum atomic E-state index is -0.147. The fourth-order valence-corrected chi connectivity index (χ4v) is 2.56. The van der Waals surface area contributed by atoms with Gasteiger partial charge in [-0.25, -0.2) is 9.37 Å². The van der Waals surface area contributed by atoms with Gasteiger partial charge in [0, 0.05) is 24.2 Å². The number of benzene rings is 1. The highest BCUT2D eigenvalue weighted by Gasteiger charge is 2.01. The Bertz CT molecular complexity index is 522. The van der Waals surface area contributed by atoms with E-state index in [2.05, 4.69) is 17.2 Å². The fourth-order valence-electron chi connectivity index (χ4n) is 1.72. The molecule has 2 nitrogen and oxygen atoms in total. The summed E-state index contributed by atoms with van der Waals surface area (Å²) in [4.78, 5) is 5.66. The molecule has 1 aromatic carbocycles. The average Bonchev–Trinajstić information content (AvgIpc) is 2.82. The van der Waals surface area contributed by atoms with Gasteiger partial charge in [-0.05, 0) is 30.5 Å². The highest BCUT2D eigenvalue weighted by Crippen LogP contribution is 2.13. The van der Waals surface area contributed by atoms with Crippen LogP contribution in [0.3, 0.4) is 0 Å². The zero-order chi connectivity index (χ0) is 13.0. The molecule has 2 rings (SSSR count). The second-order valence-corrected chi connectivity index (χ2v) is 5.46. The molecule has 0 aliphatic heterocycles. The molecule has 0 atom stereocenters. The van der Waals surface area contributed by atoms with E-state index in [-0.39, 0.29) is 5.82 Å². The van der Waals surface area contributed by atoms with Gasteiger partial charge in [-0.15, -0.1) is 11.3 Å². The summed E-state index contributed by atoms with van der Waals surface area (Å²) in [6.45, 7) is 5.42. The van der Waals surface area contributed by atoms with Crippen molar-refractivity contribution in [2.45, 2.75) is 33.4 Å². The van der Waals surface area contributed by atoms with Crippen molar-refractivity contribution < 1.29 is 4.39 Å². The Labute approximate surface area is 111 Å². The summed E-state index contributed by atoms with van der Waals surface area (Å²) in [7, 11) is 0. The summed E-state index contributed by atoms with van der Waals surface area (Å²) in [5.41, 5.74) is 1.79. The lowest BCUT2D eigenvalue weighted by Crippen LogP contribution is -2.12. The predicted octanol–water partition coefficient (Wildman–Crippen LogP) is 3.44. The van der Waals surface area contributed by atoms with Crippen LogP contribution in [0.2, 0.25) is 0 Å². The van der Waals surface area contributed by atoms with Crippen LogP contribution in [-0.4, -0.2) is 4.98 Å². The van der Waals surface area contributed by atoms with Crippen LogP contribution in [0.4, 0.5) is 4.39 Å². The smallest absolute Gasteiger partial charge is 0.126 e. The zero-order valence-corrected chi connectivity index (χ0v) is 11.5. The number of hydrogen-bond acceptors (Lipinski definition) is 3. The topological polar surface area (TPSA) is 24.9 Å². The maximum Gasteiger partial charge on any atom is 0.126 e. The van der Waals surface area contributed by atoms with Crippen molar-refractivity contribution >= 4 is 11.3 Å².